The van der Waals surface area contributed by atoms with E-state index in [1.165, 1.54) is 17.8 Å². The quantitative estimate of drug-likeness (QED) is 0.501. The minimum atomic E-state index is -0.352. The van der Waals surface area contributed by atoms with Gasteiger partial charge in [0.25, 0.3) is 5.56 Å². The number of carbonyl (C=O) groups excluding carboxylic acids is 1. The molecule has 2 rings (SSSR count). The number of aromatic amines is 1. The van der Waals surface area contributed by atoms with E-state index < -0.39 is 0 Å². The molecule has 1 amide bonds. The lowest BCUT2D eigenvalue weighted by molar-refractivity contribution is -0.115. The van der Waals surface area contributed by atoms with E-state index in [0.717, 1.165) is 17.2 Å². The summed E-state index contributed by atoms with van der Waals surface area (Å²) in [6, 6.07) is 8.66. The van der Waals surface area contributed by atoms with Crippen LogP contribution >= 0.6 is 23.5 Å². The van der Waals surface area contributed by atoms with Crippen LogP contribution in [0.2, 0.25) is 0 Å². The SMILES string of the molecule is CCSCc1cc(=O)[nH]c(SC(CC)C(=O)Nc2ccc(OC)cc2)n1. The lowest BCUT2D eigenvalue weighted by atomic mass is 10.2. The van der Waals surface area contributed by atoms with Crippen molar-refractivity contribution in [3.05, 3.63) is 46.4 Å². The molecule has 26 heavy (non-hydrogen) atoms. The molecule has 0 saturated heterocycles. The molecular weight excluding hydrogens is 370 g/mol. The molecule has 0 fully saturated rings. The highest BCUT2D eigenvalue weighted by Crippen LogP contribution is 2.24. The third kappa shape index (κ3) is 6.10. The summed E-state index contributed by atoms with van der Waals surface area (Å²) in [6.07, 6.45) is 0.615. The number of amides is 1. The Bertz CT molecular complexity index is 778. The van der Waals surface area contributed by atoms with Crippen molar-refractivity contribution >= 4 is 35.1 Å². The van der Waals surface area contributed by atoms with Crippen LogP contribution in [-0.4, -0.2) is 34.0 Å². The van der Waals surface area contributed by atoms with Crippen LogP contribution in [0.15, 0.2) is 40.3 Å². The van der Waals surface area contributed by atoms with Crippen molar-refractivity contribution in [1.82, 2.24) is 9.97 Å². The van der Waals surface area contributed by atoms with Gasteiger partial charge in [0.15, 0.2) is 5.16 Å². The first-order chi connectivity index (χ1) is 12.5. The van der Waals surface area contributed by atoms with Crippen molar-refractivity contribution in [2.45, 2.75) is 36.4 Å². The van der Waals surface area contributed by atoms with E-state index in [4.69, 9.17) is 4.74 Å². The molecule has 0 aliphatic carbocycles. The molecule has 6 nitrogen and oxygen atoms in total. The molecule has 2 aromatic rings. The van der Waals surface area contributed by atoms with Crippen LogP contribution in [-0.2, 0) is 10.5 Å². The number of carbonyl (C=O) groups is 1. The average Bonchev–Trinajstić information content (AvgIpc) is 2.64. The van der Waals surface area contributed by atoms with Crippen molar-refractivity contribution in [2.75, 3.05) is 18.2 Å². The van der Waals surface area contributed by atoms with Crippen LogP contribution in [0, 0.1) is 0 Å². The number of benzene rings is 1. The van der Waals surface area contributed by atoms with E-state index in [9.17, 15) is 9.59 Å². The van der Waals surface area contributed by atoms with Gasteiger partial charge >= 0.3 is 0 Å². The predicted molar refractivity (Wildman–Crippen MR) is 108 cm³/mol. The van der Waals surface area contributed by atoms with Gasteiger partial charge in [0.05, 0.1) is 18.1 Å². The molecule has 1 heterocycles. The largest absolute Gasteiger partial charge is 0.497 e. The van der Waals surface area contributed by atoms with Crippen molar-refractivity contribution in [3.63, 3.8) is 0 Å². The number of thioether (sulfide) groups is 2. The van der Waals surface area contributed by atoms with Crippen LogP contribution < -0.4 is 15.6 Å². The van der Waals surface area contributed by atoms with Gasteiger partial charge in [-0.15, -0.1) is 0 Å². The summed E-state index contributed by atoms with van der Waals surface area (Å²) >= 11 is 2.97. The maximum atomic E-state index is 12.6. The molecule has 0 spiro atoms. The number of aromatic nitrogens is 2. The van der Waals surface area contributed by atoms with Gasteiger partial charge in [-0.3, -0.25) is 9.59 Å². The summed E-state index contributed by atoms with van der Waals surface area (Å²) in [7, 11) is 1.60. The summed E-state index contributed by atoms with van der Waals surface area (Å²) in [6.45, 7) is 3.99. The zero-order valence-electron chi connectivity index (χ0n) is 15.1. The predicted octanol–water partition coefficient (Wildman–Crippen LogP) is 3.54. The molecule has 1 atom stereocenters. The second kappa shape index (κ2) is 10.3. The van der Waals surface area contributed by atoms with Gasteiger partial charge in [-0.05, 0) is 36.4 Å². The number of nitrogens with one attached hydrogen (secondary N) is 2. The van der Waals surface area contributed by atoms with Crippen LogP contribution in [0.25, 0.3) is 0 Å². The second-order valence-electron chi connectivity index (χ2n) is 5.41. The normalized spacial score (nSPS) is 11.8. The highest BCUT2D eigenvalue weighted by Gasteiger charge is 2.19. The topological polar surface area (TPSA) is 84.1 Å². The van der Waals surface area contributed by atoms with Crippen LogP contribution in [0.4, 0.5) is 5.69 Å². The first-order valence-electron chi connectivity index (χ1n) is 8.35. The lowest BCUT2D eigenvalue weighted by Gasteiger charge is -2.14. The fourth-order valence-electron chi connectivity index (χ4n) is 2.17. The van der Waals surface area contributed by atoms with Gasteiger partial charge in [0.1, 0.15) is 5.75 Å². The van der Waals surface area contributed by atoms with Gasteiger partial charge < -0.3 is 15.0 Å². The van der Waals surface area contributed by atoms with Crippen molar-refractivity contribution < 1.29 is 9.53 Å². The minimum Gasteiger partial charge on any atom is -0.497 e. The van der Waals surface area contributed by atoms with E-state index in [2.05, 4.69) is 22.2 Å². The van der Waals surface area contributed by atoms with E-state index in [0.29, 0.717) is 23.0 Å². The number of H-pyrrole nitrogens is 1. The summed E-state index contributed by atoms with van der Waals surface area (Å²) in [5.74, 6) is 2.24. The number of methoxy groups -OCH3 is 1. The Morgan fingerprint density at radius 2 is 2.04 bits per heavy atom. The molecule has 0 bridgehead atoms. The fourth-order valence-corrected chi connectivity index (χ4v) is 3.67. The Labute approximate surface area is 161 Å². The summed E-state index contributed by atoms with van der Waals surface area (Å²) in [5, 5.41) is 3.01. The molecule has 140 valence electrons. The Kier molecular flexibility index (Phi) is 8.06. The van der Waals surface area contributed by atoms with E-state index in [1.54, 1.807) is 43.1 Å². The van der Waals surface area contributed by atoms with Gasteiger partial charge in [0, 0.05) is 17.5 Å². The van der Waals surface area contributed by atoms with Crippen LogP contribution in [0.3, 0.4) is 0 Å². The molecule has 8 heteroatoms. The van der Waals surface area contributed by atoms with Gasteiger partial charge in [0.2, 0.25) is 5.91 Å². The highest BCUT2D eigenvalue weighted by atomic mass is 32.2. The second-order valence-corrected chi connectivity index (χ2v) is 7.88. The molecule has 0 aliphatic heterocycles. The third-order valence-electron chi connectivity index (χ3n) is 3.50. The number of ether oxygens (including phenoxy) is 1. The van der Waals surface area contributed by atoms with Gasteiger partial charge in [-0.25, -0.2) is 4.98 Å². The Balaban J connectivity index is 2.06. The number of anilines is 1. The average molecular weight is 394 g/mol. The fraction of sp³-hybridized carbons (Fsp3) is 0.389. The summed E-state index contributed by atoms with van der Waals surface area (Å²) < 4.78 is 5.11. The summed E-state index contributed by atoms with van der Waals surface area (Å²) in [4.78, 5) is 31.6. The van der Waals surface area contributed by atoms with Crippen molar-refractivity contribution in [2.24, 2.45) is 0 Å². The molecule has 1 aromatic carbocycles. The van der Waals surface area contributed by atoms with Gasteiger partial charge in [-0.2, -0.15) is 11.8 Å². The smallest absolute Gasteiger partial charge is 0.251 e. The zero-order valence-corrected chi connectivity index (χ0v) is 16.7. The van der Waals surface area contributed by atoms with Crippen molar-refractivity contribution in [1.29, 1.82) is 0 Å². The van der Waals surface area contributed by atoms with E-state index >= 15 is 0 Å². The molecule has 1 aromatic heterocycles. The third-order valence-corrected chi connectivity index (χ3v) is 5.66. The number of rotatable bonds is 9. The summed E-state index contributed by atoms with van der Waals surface area (Å²) in [5.41, 5.74) is 1.23. The van der Waals surface area contributed by atoms with Crippen LogP contribution in [0.1, 0.15) is 26.0 Å². The van der Waals surface area contributed by atoms with Gasteiger partial charge in [-0.1, -0.05) is 25.6 Å². The molecule has 0 aliphatic rings. The Morgan fingerprint density at radius 1 is 1.31 bits per heavy atom. The highest BCUT2D eigenvalue weighted by molar-refractivity contribution is 8.00. The maximum absolute atomic E-state index is 12.6. The molecule has 0 saturated carbocycles. The zero-order chi connectivity index (χ0) is 18.9. The number of hydrogen-bond acceptors (Lipinski definition) is 6. The lowest BCUT2D eigenvalue weighted by Crippen LogP contribution is -2.25. The Morgan fingerprint density at radius 3 is 2.65 bits per heavy atom. The molecule has 2 N–H and O–H groups in total. The number of nitrogens with zero attached hydrogens (tertiary/aromatic N) is 1. The Hall–Kier alpha value is -1.93. The number of hydrogen-bond donors (Lipinski definition) is 2. The maximum Gasteiger partial charge on any atom is 0.251 e. The van der Waals surface area contributed by atoms with E-state index in [1.807, 2.05) is 6.92 Å². The molecule has 0 radical (unpaired) electrons. The minimum absolute atomic E-state index is 0.126. The first-order valence-corrected chi connectivity index (χ1v) is 10.4. The molecule has 1 unspecified atom stereocenters. The first kappa shape index (κ1) is 20.4. The van der Waals surface area contributed by atoms with Crippen molar-refractivity contribution in [3.8, 4) is 5.75 Å². The monoisotopic (exact) mass is 393 g/mol. The standard InChI is InChI=1S/C18H23N3O3S2/c1-4-15(17(23)19-12-6-8-14(24-3)9-7-12)26-18-20-13(11-25-5-2)10-16(22)21-18/h6-10,15H,4-5,11H2,1-3H3,(H,19,23)(H,20,21,22). The molecular formula is C18H23N3O3S2. The van der Waals surface area contributed by atoms with E-state index in [-0.39, 0.29) is 16.7 Å². The van der Waals surface area contributed by atoms with Crippen LogP contribution in [0.5, 0.6) is 5.75 Å².